The molecule has 0 bridgehead atoms. The minimum Gasteiger partial charge on any atom is -0.165 e. The second kappa shape index (κ2) is 5.33. The molecular formula is C14H13ClSi. The van der Waals surface area contributed by atoms with Crippen molar-refractivity contribution in [3.8, 4) is 11.1 Å². The fourth-order valence-corrected chi connectivity index (χ4v) is 2.90. The topological polar surface area (TPSA) is 0 Å². The van der Waals surface area contributed by atoms with E-state index in [9.17, 15) is 0 Å². The van der Waals surface area contributed by atoms with Gasteiger partial charge in [0.2, 0.25) is 8.83 Å². The van der Waals surface area contributed by atoms with Crippen LogP contribution in [0.25, 0.3) is 11.1 Å². The van der Waals surface area contributed by atoms with E-state index in [1.54, 1.807) is 0 Å². The van der Waals surface area contributed by atoms with Crippen molar-refractivity contribution in [3.05, 3.63) is 54.1 Å². The van der Waals surface area contributed by atoms with Gasteiger partial charge in [0, 0.05) is 0 Å². The first-order valence-electron chi connectivity index (χ1n) is 5.40. The van der Waals surface area contributed by atoms with E-state index in [2.05, 4.69) is 49.4 Å². The molecule has 0 atom stereocenters. The molecule has 0 saturated heterocycles. The van der Waals surface area contributed by atoms with Crippen LogP contribution in [0.15, 0.2) is 48.5 Å². The number of benzene rings is 2. The van der Waals surface area contributed by atoms with Gasteiger partial charge in [0.05, 0.1) is 0 Å². The van der Waals surface area contributed by atoms with Gasteiger partial charge >= 0.3 is 0 Å². The predicted molar refractivity (Wildman–Crippen MR) is 72.5 cm³/mol. The lowest BCUT2D eigenvalue weighted by Crippen LogP contribution is -2.14. The lowest BCUT2D eigenvalue weighted by Gasteiger charge is -2.07. The molecule has 0 aliphatic rings. The molecule has 2 aromatic rings. The lowest BCUT2D eigenvalue weighted by molar-refractivity contribution is 1.15. The third kappa shape index (κ3) is 2.37. The average molecular weight is 245 g/mol. The van der Waals surface area contributed by atoms with Crippen LogP contribution >= 0.6 is 11.1 Å². The largest absolute Gasteiger partial charge is 0.210 e. The molecule has 0 aliphatic heterocycles. The average Bonchev–Trinajstić information content (AvgIpc) is 2.39. The summed E-state index contributed by atoms with van der Waals surface area (Å²) in [5.74, 6) is 0. The summed E-state index contributed by atoms with van der Waals surface area (Å²) in [6.07, 6.45) is 1.05. The molecule has 0 spiro atoms. The van der Waals surface area contributed by atoms with E-state index in [1.807, 2.05) is 6.07 Å². The van der Waals surface area contributed by atoms with Gasteiger partial charge < -0.3 is 0 Å². The van der Waals surface area contributed by atoms with Crippen LogP contribution in [0.2, 0.25) is 0 Å². The monoisotopic (exact) mass is 244 g/mol. The Morgan fingerprint density at radius 1 is 1.00 bits per heavy atom. The van der Waals surface area contributed by atoms with E-state index < -0.39 is 0 Å². The Balaban J connectivity index is 2.44. The van der Waals surface area contributed by atoms with Crippen molar-refractivity contribution in [2.24, 2.45) is 0 Å². The zero-order valence-corrected chi connectivity index (χ0v) is 11.0. The summed E-state index contributed by atoms with van der Waals surface area (Å²) in [6, 6.07) is 17.0. The first-order valence-corrected chi connectivity index (χ1v) is 7.41. The van der Waals surface area contributed by atoms with Crippen LogP contribution in [0.3, 0.4) is 0 Å². The van der Waals surface area contributed by atoms with Gasteiger partial charge in [-0.25, -0.2) is 0 Å². The highest BCUT2D eigenvalue weighted by Gasteiger charge is 2.03. The summed E-state index contributed by atoms with van der Waals surface area (Å²) in [4.78, 5) is 0. The molecule has 2 heteroatoms. The van der Waals surface area contributed by atoms with Crippen molar-refractivity contribution in [3.63, 3.8) is 0 Å². The molecule has 0 unspecified atom stereocenters. The van der Waals surface area contributed by atoms with E-state index >= 15 is 0 Å². The van der Waals surface area contributed by atoms with Gasteiger partial charge in [-0.3, -0.25) is 0 Å². The second-order valence-electron chi connectivity index (χ2n) is 3.69. The Labute approximate surface area is 104 Å². The smallest absolute Gasteiger partial charge is 0.165 e. The third-order valence-corrected chi connectivity index (χ3v) is 3.98. The van der Waals surface area contributed by atoms with E-state index in [0.29, 0.717) is 8.83 Å². The van der Waals surface area contributed by atoms with Gasteiger partial charge in [0.25, 0.3) is 0 Å². The molecular weight excluding hydrogens is 232 g/mol. The van der Waals surface area contributed by atoms with E-state index in [0.717, 1.165) is 6.42 Å². The molecule has 0 N–H and O–H groups in total. The number of aryl methyl sites for hydroxylation is 1. The standard InChI is InChI=1S/C14H13ClSi/c1-2-11-8-9-13(10-14(11)16-15)12-6-4-3-5-7-12/h3-10H,2H2,1H3. The predicted octanol–water partition coefficient (Wildman–Crippen LogP) is 3.40. The molecule has 80 valence electrons. The molecule has 0 amide bonds. The highest BCUT2D eigenvalue weighted by atomic mass is 35.6. The first kappa shape index (κ1) is 11.4. The minimum atomic E-state index is 0.349. The molecule has 0 aromatic heterocycles. The van der Waals surface area contributed by atoms with Gasteiger partial charge in [-0.1, -0.05) is 55.5 Å². The highest BCUT2D eigenvalue weighted by molar-refractivity contribution is 7.01. The Kier molecular flexibility index (Phi) is 3.81. The van der Waals surface area contributed by atoms with Crippen molar-refractivity contribution >= 4 is 25.1 Å². The van der Waals surface area contributed by atoms with Gasteiger partial charge in [0.15, 0.2) is 0 Å². The van der Waals surface area contributed by atoms with Crippen LogP contribution in [0.1, 0.15) is 12.5 Å². The Hall–Kier alpha value is -1.05. The number of hydrogen-bond acceptors (Lipinski definition) is 0. The Bertz CT molecular complexity index is 465. The zero-order chi connectivity index (χ0) is 11.4. The molecule has 0 nitrogen and oxygen atoms in total. The SMILES string of the molecule is CCc1ccc(-c2ccccc2)cc1[Si]Cl. The zero-order valence-electron chi connectivity index (χ0n) is 9.20. The van der Waals surface area contributed by atoms with E-state index in [1.165, 1.54) is 21.9 Å². The summed E-state index contributed by atoms with van der Waals surface area (Å²) in [6.45, 7) is 2.16. The summed E-state index contributed by atoms with van der Waals surface area (Å²) in [5.41, 5.74) is 3.86. The molecule has 16 heavy (non-hydrogen) atoms. The molecule has 0 heterocycles. The lowest BCUT2D eigenvalue weighted by atomic mass is 10.0. The molecule has 0 saturated carbocycles. The van der Waals surface area contributed by atoms with E-state index in [-0.39, 0.29) is 0 Å². The van der Waals surface area contributed by atoms with Gasteiger partial charge in [-0.15, -0.1) is 0 Å². The molecule has 0 fully saturated rings. The fraction of sp³-hybridized carbons (Fsp3) is 0.143. The van der Waals surface area contributed by atoms with Crippen LogP contribution in [-0.2, 0) is 6.42 Å². The third-order valence-electron chi connectivity index (χ3n) is 2.70. The summed E-state index contributed by atoms with van der Waals surface area (Å²) < 4.78 is 0. The summed E-state index contributed by atoms with van der Waals surface area (Å²) >= 11 is 6.00. The van der Waals surface area contributed by atoms with Gasteiger partial charge in [0.1, 0.15) is 0 Å². The number of hydrogen-bond donors (Lipinski definition) is 0. The van der Waals surface area contributed by atoms with Crippen LogP contribution in [0.5, 0.6) is 0 Å². The molecule has 2 rings (SSSR count). The molecule has 2 aromatic carbocycles. The fourth-order valence-electron chi connectivity index (χ4n) is 1.78. The summed E-state index contributed by atoms with van der Waals surface area (Å²) in [7, 11) is 0.349. The van der Waals surface area contributed by atoms with Crippen molar-refractivity contribution in [2.75, 3.05) is 0 Å². The van der Waals surface area contributed by atoms with Crippen molar-refractivity contribution in [1.29, 1.82) is 0 Å². The second-order valence-corrected chi connectivity index (χ2v) is 4.98. The van der Waals surface area contributed by atoms with Crippen LogP contribution in [-0.4, -0.2) is 8.83 Å². The van der Waals surface area contributed by atoms with Gasteiger partial charge in [-0.2, -0.15) is 11.1 Å². The Morgan fingerprint density at radius 2 is 1.75 bits per heavy atom. The number of rotatable bonds is 3. The normalized spacial score (nSPS) is 10.4. The molecule has 2 radical (unpaired) electrons. The minimum absolute atomic E-state index is 0.349. The number of halogens is 1. The van der Waals surface area contributed by atoms with Crippen LogP contribution < -0.4 is 5.19 Å². The maximum Gasteiger partial charge on any atom is 0.210 e. The maximum absolute atomic E-state index is 6.00. The van der Waals surface area contributed by atoms with Crippen molar-refractivity contribution in [1.82, 2.24) is 0 Å². The van der Waals surface area contributed by atoms with Crippen molar-refractivity contribution < 1.29 is 0 Å². The van der Waals surface area contributed by atoms with Gasteiger partial charge in [-0.05, 0) is 28.3 Å². The van der Waals surface area contributed by atoms with Crippen LogP contribution in [0, 0.1) is 0 Å². The Morgan fingerprint density at radius 3 is 2.38 bits per heavy atom. The first-order chi connectivity index (χ1) is 7.85. The maximum atomic E-state index is 6.00. The van der Waals surface area contributed by atoms with Crippen LogP contribution in [0.4, 0.5) is 0 Å². The van der Waals surface area contributed by atoms with Crippen molar-refractivity contribution in [2.45, 2.75) is 13.3 Å². The molecule has 0 aliphatic carbocycles. The highest BCUT2D eigenvalue weighted by Crippen LogP contribution is 2.18. The summed E-state index contributed by atoms with van der Waals surface area (Å²) in [5, 5.41) is 1.27. The quantitative estimate of drug-likeness (QED) is 0.574. The van der Waals surface area contributed by atoms with E-state index in [4.69, 9.17) is 11.1 Å².